The molecule has 234 valence electrons. The number of anilines is 3. The third kappa shape index (κ3) is 4.57. The van der Waals surface area contributed by atoms with Crippen molar-refractivity contribution in [3.8, 4) is 22.3 Å². The highest BCUT2D eigenvalue weighted by Crippen LogP contribution is 2.46. The number of nitrogens with zero attached hydrogens (tertiary/aromatic N) is 1. The third-order valence-electron chi connectivity index (χ3n) is 10.0. The number of hydrogen-bond donors (Lipinski definition) is 0. The molecule has 0 saturated heterocycles. The van der Waals surface area contributed by atoms with Crippen molar-refractivity contribution in [2.24, 2.45) is 0 Å². The Labute approximate surface area is 290 Å². The second kappa shape index (κ2) is 11.5. The quantitative estimate of drug-likeness (QED) is 0.187. The fraction of sp³-hybridized carbons (Fsp3) is 0. The zero-order valence-corrected chi connectivity index (χ0v) is 27.3. The monoisotopic (exact) mass is 637 g/mol. The van der Waals surface area contributed by atoms with Crippen LogP contribution in [0.1, 0.15) is 0 Å². The molecule has 0 saturated carbocycles. The van der Waals surface area contributed by atoms with E-state index in [9.17, 15) is 0 Å². The molecule has 10 rings (SSSR count). The highest BCUT2D eigenvalue weighted by Gasteiger charge is 2.21. The van der Waals surface area contributed by atoms with E-state index in [0.717, 1.165) is 55.5 Å². The van der Waals surface area contributed by atoms with Crippen LogP contribution in [0.15, 0.2) is 192 Å². The van der Waals surface area contributed by atoms with Gasteiger partial charge < -0.3 is 9.32 Å². The molecule has 0 aliphatic heterocycles. The standard InChI is InChI=1S/C48H31NO/c1-2-14-36-31-38(29-23-32(36)11-1)49(37-27-24-35(25-28-37)40-19-9-15-33-12-3-5-16-39(33)40)45-21-8-7-18-42(45)43-20-10-22-46-47(43)44-30-26-34-13-4-6-17-41(34)48(44)50-46/h1-31H. The summed E-state index contributed by atoms with van der Waals surface area (Å²) in [6.45, 7) is 0. The molecule has 0 unspecified atom stereocenters. The molecule has 10 aromatic rings. The zero-order chi connectivity index (χ0) is 33.0. The number of benzene rings is 9. The maximum absolute atomic E-state index is 6.62. The predicted molar refractivity (Wildman–Crippen MR) is 212 cm³/mol. The van der Waals surface area contributed by atoms with Crippen LogP contribution in [0.2, 0.25) is 0 Å². The van der Waals surface area contributed by atoms with Gasteiger partial charge in [0.25, 0.3) is 0 Å². The van der Waals surface area contributed by atoms with E-state index in [0.29, 0.717) is 0 Å². The van der Waals surface area contributed by atoms with Crippen LogP contribution >= 0.6 is 0 Å². The van der Waals surface area contributed by atoms with Crippen LogP contribution in [0.25, 0.3) is 76.5 Å². The van der Waals surface area contributed by atoms with E-state index in [1.54, 1.807) is 0 Å². The Balaban J connectivity index is 1.19. The Kier molecular flexibility index (Phi) is 6.53. The second-order valence-electron chi connectivity index (χ2n) is 12.9. The smallest absolute Gasteiger partial charge is 0.143 e. The normalized spacial score (nSPS) is 11.6. The molecule has 0 aliphatic carbocycles. The summed E-state index contributed by atoms with van der Waals surface area (Å²) in [4.78, 5) is 2.39. The fourth-order valence-corrected chi connectivity index (χ4v) is 7.68. The average molecular weight is 638 g/mol. The van der Waals surface area contributed by atoms with Crippen molar-refractivity contribution in [1.29, 1.82) is 0 Å². The second-order valence-corrected chi connectivity index (χ2v) is 12.9. The van der Waals surface area contributed by atoms with Gasteiger partial charge in [0.2, 0.25) is 0 Å². The predicted octanol–water partition coefficient (Wildman–Crippen LogP) is 13.8. The molecule has 9 aromatic carbocycles. The summed E-state index contributed by atoms with van der Waals surface area (Å²) in [5.41, 5.74) is 9.82. The summed E-state index contributed by atoms with van der Waals surface area (Å²) in [5, 5.41) is 9.49. The minimum absolute atomic E-state index is 0.889. The van der Waals surface area contributed by atoms with Crippen LogP contribution in [0.4, 0.5) is 17.1 Å². The number of para-hydroxylation sites is 1. The summed E-state index contributed by atoms with van der Waals surface area (Å²) in [7, 11) is 0. The molecule has 1 heterocycles. The first-order valence-electron chi connectivity index (χ1n) is 17.1. The Morgan fingerprint density at radius 3 is 1.82 bits per heavy atom. The van der Waals surface area contributed by atoms with Crippen molar-refractivity contribution in [3.63, 3.8) is 0 Å². The number of hydrogen-bond acceptors (Lipinski definition) is 2. The Hall–Kier alpha value is -6.64. The Bertz CT molecular complexity index is 2870. The first-order valence-corrected chi connectivity index (χ1v) is 17.1. The average Bonchev–Trinajstić information content (AvgIpc) is 3.58. The van der Waals surface area contributed by atoms with Gasteiger partial charge in [0.1, 0.15) is 11.2 Å². The van der Waals surface area contributed by atoms with Crippen LogP contribution in [0.5, 0.6) is 0 Å². The van der Waals surface area contributed by atoms with Gasteiger partial charge in [-0.05, 0) is 86.1 Å². The first kappa shape index (κ1) is 28.4. The van der Waals surface area contributed by atoms with Crippen LogP contribution in [0.3, 0.4) is 0 Å². The topological polar surface area (TPSA) is 16.4 Å². The first-order chi connectivity index (χ1) is 24.8. The SMILES string of the molecule is c1ccc(N(c2ccc(-c3cccc4ccccc34)cc2)c2ccc3ccccc3c2)c(-c2cccc3oc4c5ccccc5ccc4c23)c1. The fourth-order valence-electron chi connectivity index (χ4n) is 7.68. The van der Waals surface area contributed by atoms with Gasteiger partial charge in [-0.1, -0.05) is 146 Å². The van der Waals surface area contributed by atoms with Crippen LogP contribution in [-0.2, 0) is 0 Å². The lowest BCUT2D eigenvalue weighted by Gasteiger charge is -2.28. The molecule has 0 fully saturated rings. The number of fused-ring (bicyclic) bond motifs is 7. The minimum atomic E-state index is 0.889. The summed E-state index contributed by atoms with van der Waals surface area (Å²) in [6.07, 6.45) is 0. The maximum atomic E-state index is 6.62. The van der Waals surface area contributed by atoms with Crippen molar-refractivity contribution >= 4 is 71.3 Å². The lowest BCUT2D eigenvalue weighted by Crippen LogP contribution is -2.11. The van der Waals surface area contributed by atoms with Crippen molar-refractivity contribution in [3.05, 3.63) is 188 Å². The molecule has 2 heteroatoms. The molecule has 0 bridgehead atoms. The highest BCUT2D eigenvalue weighted by atomic mass is 16.3. The van der Waals surface area contributed by atoms with Gasteiger partial charge in [-0.25, -0.2) is 0 Å². The minimum Gasteiger partial charge on any atom is -0.455 e. The molecule has 0 atom stereocenters. The molecule has 2 nitrogen and oxygen atoms in total. The molecule has 0 aliphatic rings. The van der Waals surface area contributed by atoms with E-state index in [1.807, 2.05) is 0 Å². The molecule has 50 heavy (non-hydrogen) atoms. The maximum Gasteiger partial charge on any atom is 0.143 e. The molecule has 1 aromatic heterocycles. The Morgan fingerprint density at radius 2 is 0.960 bits per heavy atom. The van der Waals surface area contributed by atoms with Crippen molar-refractivity contribution in [1.82, 2.24) is 0 Å². The molecular formula is C48H31NO. The lowest BCUT2D eigenvalue weighted by molar-refractivity contribution is 0.673. The molecule has 0 amide bonds. The molecule has 0 spiro atoms. The summed E-state index contributed by atoms with van der Waals surface area (Å²) < 4.78 is 6.62. The van der Waals surface area contributed by atoms with Gasteiger partial charge in [0.15, 0.2) is 0 Å². The number of rotatable bonds is 5. The van der Waals surface area contributed by atoms with Gasteiger partial charge in [-0.3, -0.25) is 0 Å². The van der Waals surface area contributed by atoms with E-state index in [1.165, 1.54) is 38.1 Å². The van der Waals surface area contributed by atoms with E-state index in [4.69, 9.17) is 4.42 Å². The molecular weight excluding hydrogens is 607 g/mol. The van der Waals surface area contributed by atoms with Gasteiger partial charge in [-0.15, -0.1) is 0 Å². The summed E-state index contributed by atoms with van der Waals surface area (Å²) >= 11 is 0. The van der Waals surface area contributed by atoms with Gasteiger partial charge in [0, 0.05) is 33.1 Å². The molecule has 0 N–H and O–H groups in total. The van der Waals surface area contributed by atoms with Gasteiger partial charge in [-0.2, -0.15) is 0 Å². The summed E-state index contributed by atoms with van der Waals surface area (Å²) in [6, 6.07) is 67.5. The Morgan fingerprint density at radius 1 is 0.360 bits per heavy atom. The van der Waals surface area contributed by atoms with Crippen LogP contribution in [-0.4, -0.2) is 0 Å². The van der Waals surface area contributed by atoms with E-state index in [-0.39, 0.29) is 0 Å². The number of furan rings is 1. The van der Waals surface area contributed by atoms with Crippen molar-refractivity contribution < 1.29 is 4.42 Å². The third-order valence-corrected chi connectivity index (χ3v) is 10.0. The largest absolute Gasteiger partial charge is 0.455 e. The van der Waals surface area contributed by atoms with E-state index in [2.05, 4.69) is 193 Å². The van der Waals surface area contributed by atoms with Gasteiger partial charge in [0.05, 0.1) is 5.69 Å². The highest BCUT2D eigenvalue weighted by molar-refractivity contribution is 6.19. The van der Waals surface area contributed by atoms with Crippen LogP contribution in [0, 0.1) is 0 Å². The van der Waals surface area contributed by atoms with E-state index < -0.39 is 0 Å². The van der Waals surface area contributed by atoms with Gasteiger partial charge >= 0.3 is 0 Å². The lowest BCUT2D eigenvalue weighted by atomic mass is 9.95. The summed E-state index contributed by atoms with van der Waals surface area (Å²) in [5.74, 6) is 0. The van der Waals surface area contributed by atoms with E-state index >= 15 is 0 Å². The van der Waals surface area contributed by atoms with Crippen molar-refractivity contribution in [2.75, 3.05) is 4.90 Å². The van der Waals surface area contributed by atoms with Crippen LogP contribution < -0.4 is 4.90 Å². The van der Waals surface area contributed by atoms with Crippen molar-refractivity contribution in [2.45, 2.75) is 0 Å². The molecule has 0 radical (unpaired) electrons. The zero-order valence-electron chi connectivity index (χ0n) is 27.3.